The highest BCUT2D eigenvalue weighted by atomic mass is 32.2. The molecule has 1 aromatic carbocycles. The first-order valence-corrected chi connectivity index (χ1v) is 10.3. The smallest absolute Gasteiger partial charge is 0.308 e. The van der Waals surface area contributed by atoms with Gasteiger partial charge in [-0.1, -0.05) is 11.8 Å². The third-order valence-corrected chi connectivity index (χ3v) is 5.56. The Morgan fingerprint density at radius 1 is 1.07 bits per heavy atom. The number of amides is 2. The molecular weight excluding hydrogens is 366 g/mol. The van der Waals surface area contributed by atoms with Crippen LogP contribution >= 0.6 is 11.8 Å². The van der Waals surface area contributed by atoms with Crippen LogP contribution in [0.5, 0.6) is 0 Å². The lowest BCUT2D eigenvalue weighted by Gasteiger charge is -2.28. The molecule has 7 nitrogen and oxygen atoms in total. The zero-order chi connectivity index (χ0) is 19.1. The van der Waals surface area contributed by atoms with Gasteiger partial charge in [-0.05, 0) is 43.5 Å². The van der Waals surface area contributed by atoms with E-state index in [2.05, 4.69) is 10.2 Å². The summed E-state index contributed by atoms with van der Waals surface area (Å²) >= 11 is 1.25. The van der Waals surface area contributed by atoms with Crippen LogP contribution in [0.1, 0.15) is 25.7 Å². The topological polar surface area (TPSA) is 79.0 Å². The van der Waals surface area contributed by atoms with Crippen LogP contribution in [0.25, 0.3) is 0 Å². The summed E-state index contributed by atoms with van der Waals surface area (Å²) in [5, 5.41) is 2.72. The number of ether oxygens (including phenoxy) is 1. The molecule has 2 amide bonds. The van der Waals surface area contributed by atoms with Crippen LogP contribution in [0.3, 0.4) is 0 Å². The van der Waals surface area contributed by atoms with Gasteiger partial charge < -0.3 is 19.9 Å². The molecule has 2 fully saturated rings. The van der Waals surface area contributed by atoms with Gasteiger partial charge in [-0.15, -0.1) is 0 Å². The predicted molar refractivity (Wildman–Crippen MR) is 106 cm³/mol. The summed E-state index contributed by atoms with van der Waals surface area (Å²) in [5.41, 5.74) is 1.84. The summed E-state index contributed by atoms with van der Waals surface area (Å²) in [4.78, 5) is 39.1. The maximum atomic E-state index is 11.9. The Bertz CT molecular complexity index is 674. The Labute approximate surface area is 163 Å². The number of anilines is 2. The minimum Gasteiger partial charge on any atom is -0.456 e. The largest absolute Gasteiger partial charge is 0.456 e. The standard InChI is InChI=1S/C19H25N3O4S/c23-17(14-26-18(24)8-11-22-12-13-27-19(22)25)20-15-4-6-16(7-5-15)21-9-2-1-3-10-21/h4-7H,1-3,8-14H2,(H,20,23). The van der Waals surface area contributed by atoms with Gasteiger partial charge >= 0.3 is 5.97 Å². The van der Waals surface area contributed by atoms with E-state index in [-0.39, 0.29) is 24.2 Å². The van der Waals surface area contributed by atoms with E-state index in [0.717, 1.165) is 24.5 Å². The van der Waals surface area contributed by atoms with Gasteiger partial charge in [-0.3, -0.25) is 14.4 Å². The highest BCUT2D eigenvalue weighted by Gasteiger charge is 2.21. The first-order valence-electron chi connectivity index (χ1n) is 9.34. The molecule has 0 spiro atoms. The SMILES string of the molecule is O=C(COC(=O)CCN1CCSC1=O)Nc1ccc(N2CCCCC2)cc1. The summed E-state index contributed by atoms with van der Waals surface area (Å²) in [5.74, 6) is -0.0931. The summed E-state index contributed by atoms with van der Waals surface area (Å²) in [6.45, 7) is 2.82. The van der Waals surface area contributed by atoms with Crippen molar-refractivity contribution in [1.29, 1.82) is 0 Å². The number of nitrogens with zero attached hydrogens (tertiary/aromatic N) is 2. The molecule has 27 heavy (non-hydrogen) atoms. The molecule has 0 bridgehead atoms. The minimum atomic E-state index is -0.477. The van der Waals surface area contributed by atoms with Gasteiger partial charge in [0.1, 0.15) is 0 Å². The molecule has 2 heterocycles. The molecule has 8 heteroatoms. The number of nitrogens with one attached hydrogen (secondary N) is 1. The Hall–Kier alpha value is -2.22. The Morgan fingerprint density at radius 2 is 1.81 bits per heavy atom. The lowest BCUT2D eigenvalue weighted by Crippen LogP contribution is -2.29. The monoisotopic (exact) mass is 391 g/mol. The number of rotatable bonds is 7. The van der Waals surface area contributed by atoms with E-state index in [1.165, 1.54) is 31.0 Å². The fraction of sp³-hybridized carbons (Fsp3) is 0.526. The Morgan fingerprint density at radius 3 is 2.48 bits per heavy atom. The van der Waals surface area contributed by atoms with Gasteiger partial charge in [0.25, 0.3) is 11.1 Å². The molecule has 2 saturated heterocycles. The summed E-state index contributed by atoms with van der Waals surface area (Å²) in [7, 11) is 0. The van der Waals surface area contributed by atoms with E-state index in [1.54, 1.807) is 4.90 Å². The van der Waals surface area contributed by atoms with Gasteiger partial charge in [-0.2, -0.15) is 0 Å². The van der Waals surface area contributed by atoms with Gasteiger partial charge in [0.2, 0.25) is 0 Å². The number of esters is 1. The molecule has 0 radical (unpaired) electrons. The number of hydrogen-bond acceptors (Lipinski definition) is 6. The predicted octanol–water partition coefficient (Wildman–Crippen LogP) is 2.72. The van der Waals surface area contributed by atoms with E-state index in [1.807, 2.05) is 24.3 Å². The maximum Gasteiger partial charge on any atom is 0.308 e. The number of thioether (sulfide) groups is 1. The summed E-state index contributed by atoms with van der Waals surface area (Å²) in [6.07, 6.45) is 3.82. The number of carbonyl (C=O) groups is 3. The number of carbonyl (C=O) groups excluding carboxylic acids is 3. The van der Waals surface area contributed by atoms with Gasteiger partial charge in [0, 0.05) is 43.3 Å². The molecule has 2 aliphatic rings. The molecule has 0 aliphatic carbocycles. The molecular formula is C19H25N3O4S. The first-order chi connectivity index (χ1) is 13.1. The van der Waals surface area contributed by atoms with E-state index in [4.69, 9.17) is 4.74 Å². The highest BCUT2D eigenvalue weighted by Crippen LogP contribution is 2.21. The Balaban J connectivity index is 1.37. The van der Waals surface area contributed by atoms with E-state index >= 15 is 0 Å². The lowest BCUT2D eigenvalue weighted by molar-refractivity contribution is -0.147. The average Bonchev–Trinajstić information content (AvgIpc) is 3.11. The highest BCUT2D eigenvalue weighted by molar-refractivity contribution is 8.13. The fourth-order valence-electron chi connectivity index (χ4n) is 3.18. The lowest BCUT2D eigenvalue weighted by atomic mass is 10.1. The van der Waals surface area contributed by atoms with E-state index in [9.17, 15) is 14.4 Å². The van der Waals surface area contributed by atoms with Crippen LogP contribution in [0, 0.1) is 0 Å². The second-order valence-corrected chi connectivity index (χ2v) is 7.70. The van der Waals surface area contributed by atoms with Crippen molar-refractivity contribution in [1.82, 2.24) is 4.90 Å². The van der Waals surface area contributed by atoms with Crippen LogP contribution in [0.2, 0.25) is 0 Å². The second-order valence-electron chi connectivity index (χ2n) is 6.65. The summed E-state index contributed by atoms with van der Waals surface area (Å²) in [6, 6.07) is 7.72. The fourth-order valence-corrected chi connectivity index (χ4v) is 4.03. The molecule has 3 rings (SSSR count). The molecule has 1 N–H and O–H groups in total. The van der Waals surface area contributed by atoms with Crippen molar-refractivity contribution in [3.63, 3.8) is 0 Å². The normalized spacial score (nSPS) is 17.1. The van der Waals surface area contributed by atoms with Crippen LogP contribution < -0.4 is 10.2 Å². The molecule has 1 aromatic rings. The number of piperidine rings is 1. The van der Waals surface area contributed by atoms with Crippen molar-refractivity contribution in [2.75, 3.05) is 48.8 Å². The van der Waals surface area contributed by atoms with Crippen molar-refractivity contribution in [2.45, 2.75) is 25.7 Å². The molecule has 0 atom stereocenters. The number of benzene rings is 1. The van der Waals surface area contributed by atoms with E-state index < -0.39 is 5.97 Å². The second kappa shape index (κ2) is 9.64. The molecule has 0 saturated carbocycles. The van der Waals surface area contributed by atoms with Crippen molar-refractivity contribution in [3.8, 4) is 0 Å². The first kappa shape index (κ1) is 19.5. The van der Waals surface area contributed by atoms with Crippen molar-refractivity contribution in [3.05, 3.63) is 24.3 Å². The third-order valence-electron chi connectivity index (χ3n) is 4.67. The number of hydrogen-bond donors (Lipinski definition) is 1. The van der Waals surface area contributed by atoms with Gasteiger partial charge in [0.05, 0.1) is 6.42 Å². The van der Waals surface area contributed by atoms with Crippen LogP contribution in [0.15, 0.2) is 24.3 Å². The van der Waals surface area contributed by atoms with Crippen LogP contribution in [-0.2, 0) is 14.3 Å². The van der Waals surface area contributed by atoms with E-state index in [0.29, 0.717) is 18.8 Å². The van der Waals surface area contributed by atoms with Crippen molar-refractivity contribution < 1.29 is 19.1 Å². The molecule has 0 unspecified atom stereocenters. The van der Waals surface area contributed by atoms with Crippen LogP contribution in [0.4, 0.5) is 16.2 Å². The van der Waals surface area contributed by atoms with Gasteiger partial charge in [-0.25, -0.2) is 0 Å². The average molecular weight is 391 g/mol. The third kappa shape index (κ3) is 5.89. The zero-order valence-corrected chi connectivity index (χ0v) is 16.1. The van der Waals surface area contributed by atoms with Crippen LogP contribution in [-0.4, -0.2) is 60.6 Å². The molecule has 0 aromatic heterocycles. The summed E-state index contributed by atoms with van der Waals surface area (Å²) < 4.78 is 4.99. The molecule has 146 valence electrons. The Kier molecular flexibility index (Phi) is 6.98. The minimum absolute atomic E-state index is 0.00598. The van der Waals surface area contributed by atoms with Crippen molar-refractivity contribution in [2.24, 2.45) is 0 Å². The molecule has 2 aliphatic heterocycles. The zero-order valence-electron chi connectivity index (χ0n) is 15.3. The quantitative estimate of drug-likeness (QED) is 0.720. The van der Waals surface area contributed by atoms with Crippen molar-refractivity contribution >= 4 is 40.3 Å². The maximum absolute atomic E-state index is 11.9. The van der Waals surface area contributed by atoms with Gasteiger partial charge in [0.15, 0.2) is 6.61 Å².